The summed E-state index contributed by atoms with van der Waals surface area (Å²) in [6, 6.07) is 0. The molecule has 0 aliphatic carbocycles. The Morgan fingerprint density at radius 3 is 3.00 bits per heavy atom. The van der Waals surface area contributed by atoms with E-state index in [0.29, 0.717) is 33.7 Å². The molecule has 2 aromatic heterocycles. The van der Waals surface area contributed by atoms with Crippen LogP contribution in [0.15, 0.2) is 11.1 Å². The van der Waals surface area contributed by atoms with Crippen molar-refractivity contribution in [2.75, 3.05) is 19.6 Å². The minimum Gasteiger partial charge on any atom is -0.354 e. The number of H-pyrrole nitrogens is 1. The van der Waals surface area contributed by atoms with E-state index < -0.39 is 0 Å². The number of nitrogens with one attached hydrogen (secondary N) is 2. The van der Waals surface area contributed by atoms with E-state index in [9.17, 15) is 14.4 Å². The van der Waals surface area contributed by atoms with Crippen molar-refractivity contribution in [2.24, 2.45) is 0 Å². The molecule has 3 rings (SSSR count). The molecule has 3 heterocycles. The molecular formula is C13H14N4O3S. The van der Waals surface area contributed by atoms with E-state index in [1.807, 2.05) is 0 Å². The highest BCUT2D eigenvalue weighted by Gasteiger charge is 2.25. The van der Waals surface area contributed by atoms with Gasteiger partial charge in [0.05, 0.1) is 23.1 Å². The second-order valence-corrected chi connectivity index (χ2v) is 5.90. The van der Waals surface area contributed by atoms with Crippen molar-refractivity contribution >= 4 is 33.4 Å². The van der Waals surface area contributed by atoms with Crippen LogP contribution in [-0.4, -0.2) is 46.3 Å². The number of hydrogen-bond acceptors (Lipinski definition) is 5. The molecule has 0 atom stereocenters. The van der Waals surface area contributed by atoms with Crippen LogP contribution in [0.1, 0.15) is 21.7 Å². The molecule has 0 unspecified atom stereocenters. The van der Waals surface area contributed by atoms with Gasteiger partial charge in [0, 0.05) is 13.1 Å². The van der Waals surface area contributed by atoms with E-state index in [1.165, 1.54) is 22.6 Å². The summed E-state index contributed by atoms with van der Waals surface area (Å²) >= 11 is 1.19. The van der Waals surface area contributed by atoms with Gasteiger partial charge in [0.1, 0.15) is 4.83 Å². The molecule has 2 amide bonds. The van der Waals surface area contributed by atoms with Crippen LogP contribution >= 0.6 is 11.3 Å². The number of hydrogen-bond donors (Lipinski definition) is 2. The van der Waals surface area contributed by atoms with E-state index >= 15 is 0 Å². The van der Waals surface area contributed by atoms with Crippen molar-refractivity contribution in [1.29, 1.82) is 0 Å². The van der Waals surface area contributed by atoms with Crippen molar-refractivity contribution in [3.05, 3.63) is 27.1 Å². The van der Waals surface area contributed by atoms with Gasteiger partial charge in [0.2, 0.25) is 5.91 Å². The molecular weight excluding hydrogens is 292 g/mol. The molecule has 2 N–H and O–H groups in total. The van der Waals surface area contributed by atoms with Crippen molar-refractivity contribution in [3.8, 4) is 0 Å². The van der Waals surface area contributed by atoms with Gasteiger partial charge in [-0.2, -0.15) is 0 Å². The maximum atomic E-state index is 12.6. The van der Waals surface area contributed by atoms with Gasteiger partial charge in [0.15, 0.2) is 0 Å². The highest BCUT2D eigenvalue weighted by molar-refractivity contribution is 7.20. The lowest BCUT2D eigenvalue weighted by Gasteiger charge is -2.18. The van der Waals surface area contributed by atoms with Crippen LogP contribution in [0, 0.1) is 6.92 Å². The topological polar surface area (TPSA) is 95.2 Å². The van der Waals surface area contributed by atoms with Gasteiger partial charge in [-0.25, -0.2) is 4.98 Å². The Bertz CT molecular complexity index is 779. The molecule has 2 aromatic rings. The fourth-order valence-electron chi connectivity index (χ4n) is 2.41. The van der Waals surface area contributed by atoms with E-state index in [4.69, 9.17) is 0 Å². The summed E-state index contributed by atoms with van der Waals surface area (Å²) in [6.07, 6.45) is 2.05. The average molecular weight is 306 g/mol. The van der Waals surface area contributed by atoms with E-state index in [2.05, 4.69) is 15.3 Å². The normalized spacial score (nSPS) is 15.9. The quantitative estimate of drug-likeness (QED) is 0.790. The zero-order valence-electron chi connectivity index (χ0n) is 11.4. The molecule has 0 saturated carbocycles. The Morgan fingerprint density at radius 1 is 1.43 bits per heavy atom. The largest absolute Gasteiger partial charge is 0.354 e. The van der Waals surface area contributed by atoms with Gasteiger partial charge in [-0.15, -0.1) is 11.3 Å². The second-order valence-electron chi connectivity index (χ2n) is 4.90. The van der Waals surface area contributed by atoms with Crippen molar-refractivity contribution in [3.63, 3.8) is 0 Å². The smallest absolute Gasteiger partial charge is 0.264 e. The molecule has 21 heavy (non-hydrogen) atoms. The maximum Gasteiger partial charge on any atom is 0.264 e. The summed E-state index contributed by atoms with van der Waals surface area (Å²) < 4.78 is 0. The minimum atomic E-state index is -0.249. The SMILES string of the molecule is Cc1c(C(=O)N2CCCNC(=O)C2)sc2nc[nH]c(=O)c12. The maximum absolute atomic E-state index is 12.6. The van der Waals surface area contributed by atoms with Crippen molar-refractivity contribution in [1.82, 2.24) is 20.2 Å². The van der Waals surface area contributed by atoms with E-state index in [0.717, 1.165) is 6.42 Å². The monoisotopic (exact) mass is 306 g/mol. The zero-order chi connectivity index (χ0) is 15.0. The highest BCUT2D eigenvalue weighted by Crippen LogP contribution is 2.27. The van der Waals surface area contributed by atoms with Gasteiger partial charge in [-0.3, -0.25) is 14.4 Å². The van der Waals surface area contributed by atoms with Gasteiger partial charge in [0.25, 0.3) is 11.5 Å². The number of amides is 2. The number of carbonyl (C=O) groups is 2. The third-order valence-corrected chi connectivity index (χ3v) is 4.66. The number of thiophene rings is 1. The molecule has 110 valence electrons. The Labute approximate surface area is 124 Å². The first-order valence-electron chi connectivity index (χ1n) is 6.60. The molecule has 0 bridgehead atoms. The number of rotatable bonds is 1. The average Bonchev–Trinajstić information content (AvgIpc) is 2.65. The van der Waals surface area contributed by atoms with Gasteiger partial charge < -0.3 is 15.2 Å². The summed E-state index contributed by atoms with van der Waals surface area (Å²) in [6.45, 7) is 2.89. The van der Waals surface area contributed by atoms with Crippen LogP contribution in [0.5, 0.6) is 0 Å². The number of carbonyl (C=O) groups excluding carboxylic acids is 2. The number of aromatic nitrogens is 2. The first-order chi connectivity index (χ1) is 10.1. The number of aromatic amines is 1. The molecule has 0 spiro atoms. The lowest BCUT2D eigenvalue weighted by molar-refractivity contribution is -0.121. The number of aryl methyl sites for hydroxylation is 1. The molecule has 1 aliphatic rings. The lowest BCUT2D eigenvalue weighted by Crippen LogP contribution is -2.37. The highest BCUT2D eigenvalue weighted by atomic mass is 32.1. The van der Waals surface area contributed by atoms with Crippen LogP contribution in [0.3, 0.4) is 0 Å². The fraction of sp³-hybridized carbons (Fsp3) is 0.385. The van der Waals surface area contributed by atoms with Crippen LogP contribution in [0.2, 0.25) is 0 Å². The van der Waals surface area contributed by atoms with Crippen LogP contribution in [0.4, 0.5) is 0 Å². The molecule has 8 heteroatoms. The summed E-state index contributed by atoms with van der Waals surface area (Å²) in [5.41, 5.74) is 0.375. The molecule has 0 radical (unpaired) electrons. The first kappa shape index (κ1) is 13.7. The van der Waals surface area contributed by atoms with Crippen LogP contribution in [0.25, 0.3) is 10.2 Å². The first-order valence-corrected chi connectivity index (χ1v) is 7.42. The number of nitrogens with zero attached hydrogens (tertiary/aromatic N) is 2. The lowest BCUT2D eigenvalue weighted by atomic mass is 10.2. The van der Waals surface area contributed by atoms with Gasteiger partial charge in [-0.05, 0) is 18.9 Å². The molecule has 7 nitrogen and oxygen atoms in total. The molecule has 1 saturated heterocycles. The Morgan fingerprint density at radius 2 is 2.24 bits per heavy atom. The van der Waals surface area contributed by atoms with Gasteiger partial charge in [-0.1, -0.05) is 0 Å². The predicted molar refractivity (Wildman–Crippen MR) is 78.5 cm³/mol. The van der Waals surface area contributed by atoms with Gasteiger partial charge >= 0.3 is 0 Å². The Balaban J connectivity index is 2.01. The fourth-order valence-corrected chi connectivity index (χ4v) is 3.52. The summed E-state index contributed by atoms with van der Waals surface area (Å²) in [4.78, 5) is 45.2. The number of fused-ring (bicyclic) bond motifs is 1. The predicted octanol–water partition coefficient (Wildman–Crippen LogP) is 0.255. The molecule has 1 fully saturated rings. The summed E-state index contributed by atoms with van der Waals surface area (Å²) in [7, 11) is 0. The third kappa shape index (κ3) is 2.42. The van der Waals surface area contributed by atoms with Crippen LogP contribution < -0.4 is 10.9 Å². The molecule has 0 aromatic carbocycles. The van der Waals surface area contributed by atoms with Crippen LogP contribution in [-0.2, 0) is 4.79 Å². The summed E-state index contributed by atoms with van der Waals surface area (Å²) in [5, 5.41) is 3.18. The van der Waals surface area contributed by atoms with Crippen molar-refractivity contribution in [2.45, 2.75) is 13.3 Å². The van der Waals surface area contributed by atoms with E-state index in [1.54, 1.807) is 6.92 Å². The summed E-state index contributed by atoms with van der Waals surface area (Å²) in [5.74, 6) is -0.373. The third-order valence-electron chi connectivity index (χ3n) is 3.48. The second kappa shape index (κ2) is 5.28. The molecule has 1 aliphatic heterocycles. The van der Waals surface area contributed by atoms with Crippen molar-refractivity contribution < 1.29 is 9.59 Å². The Kier molecular flexibility index (Phi) is 3.46. The Hall–Kier alpha value is -2.22. The van der Waals surface area contributed by atoms with E-state index in [-0.39, 0.29) is 23.9 Å². The zero-order valence-corrected chi connectivity index (χ0v) is 12.2. The standard InChI is InChI=1S/C13H14N4O3S/c1-7-9-11(19)15-6-16-12(9)21-10(7)13(20)17-4-2-3-14-8(18)5-17/h6H,2-5H2,1H3,(H,14,18)(H,15,16,19). The minimum absolute atomic E-state index is 0.0519.